The van der Waals surface area contributed by atoms with E-state index < -0.39 is 39.9 Å². The number of aromatic nitrogens is 1. The van der Waals surface area contributed by atoms with Crippen LogP contribution in [-0.2, 0) is 26.0 Å². The maximum atomic E-state index is 13.3. The number of hydrogen-bond donors (Lipinski definition) is 3. The van der Waals surface area contributed by atoms with Gasteiger partial charge in [-0.25, -0.2) is 13.2 Å². The number of sulfonamides is 1. The van der Waals surface area contributed by atoms with E-state index in [9.17, 15) is 33.1 Å². The molecule has 0 spiro atoms. The Kier molecular flexibility index (Phi) is 9.86. The molecule has 222 valence electrons. The van der Waals surface area contributed by atoms with Crippen LogP contribution in [-0.4, -0.2) is 54.2 Å². The maximum Gasteiger partial charge on any atom is 0.326 e. The molecule has 3 N–H and O–H groups in total. The molecule has 2 aromatic carbocycles. The molecule has 1 fully saturated rings. The van der Waals surface area contributed by atoms with Crippen LogP contribution in [0.1, 0.15) is 28.8 Å². The minimum absolute atomic E-state index is 0.0613. The van der Waals surface area contributed by atoms with Crippen molar-refractivity contribution in [1.82, 2.24) is 9.62 Å². The Bertz CT molecular complexity index is 1610. The molecular formula is C26H22Cl4N4O7S. The van der Waals surface area contributed by atoms with Gasteiger partial charge in [-0.15, -0.1) is 0 Å². The molecule has 3 aromatic rings. The molecular weight excluding hydrogens is 654 g/mol. The van der Waals surface area contributed by atoms with E-state index in [1.165, 1.54) is 30.3 Å². The molecule has 4 rings (SSSR count). The number of carbonyl (C=O) groups is 3. The lowest BCUT2D eigenvalue weighted by Gasteiger charge is -2.25. The molecule has 2 amide bonds. The minimum atomic E-state index is -4.15. The molecule has 0 saturated carbocycles. The van der Waals surface area contributed by atoms with Crippen LogP contribution in [0.25, 0.3) is 0 Å². The molecule has 0 radical (unpaired) electrons. The van der Waals surface area contributed by atoms with Crippen LogP contribution in [0, 0.1) is 5.21 Å². The first-order chi connectivity index (χ1) is 19.8. The fourth-order valence-electron chi connectivity index (χ4n) is 4.44. The van der Waals surface area contributed by atoms with Crippen LogP contribution in [0.4, 0.5) is 5.69 Å². The van der Waals surface area contributed by atoms with Gasteiger partial charge in [0.15, 0.2) is 12.4 Å². The van der Waals surface area contributed by atoms with Crippen molar-refractivity contribution < 1.29 is 32.6 Å². The molecule has 16 heteroatoms. The predicted molar refractivity (Wildman–Crippen MR) is 156 cm³/mol. The number of carbonyl (C=O) groups excluding carboxylic acids is 2. The topological polar surface area (TPSA) is 160 Å². The highest BCUT2D eigenvalue weighted by Crippen LogP contribution is 2.30. The lowest BCUT2D eigenvalue weighted by molar-refractivity contribution is -0.605. The second-order valence-electron chi connectivity index (χ2n) is 9.32. The van der Waals surface area contributed by atoms with E-state index in [1.807, 2.05) is 0 Å². The summed E-state index contributed by atoms with van der Waals surface area (Å²) in [5.74, 6) is -2.74. The summed E-state index contributed by atoms with van der Waals surface area (Å²) in [6, 6.07) is 7.46. The van der Waals surface area contributed by atoms with Gasteiger partial charge in [0.2, 0.25) is 15.9 Å². The van der Waals surface area contributed by atoms with Crippen molar-refractivity contribution >= 4 is 79.9 Å². The summed E-state index contributed by atoms with van der Waals surface area (Å²) in [6.07, 6.45) is 2.44. The molecule has 11 nitrogen and oxygen atoms in total. The second kappa shape index (κ2) is 13.0. The van der Waals surface area contributed by atoms with Gasteiger partial charge in [-0.2, -0.15) is 9.04 Å². The van der Waals surface area contributed by atoms with E-state index in [4.69, 9.17) is 46.4 Å². The summed E-state index contributed by atoms with van der Waals surface area (Å²) in [7, 11) is -4.15. The number of pyridine rings is 1. The first-order valence-corrected chi connectivity index (χ1v) is 15.2. The molecule has 1 aliphatic rings. The van der Waals surface area contributed by atoms with Gasteiger partial charge in [0.05, 0.1) is 10.5 Å². The quantitative estimate of drug-likeness (QED) is 0.227. The summed E-state index contributed by atoms with van der Waals surface area (Å²) in [5, 5.41) is 26.2. The van der Waals surface area contributed by atoms with Crippen LogP contribution in [0.5, 0.6) is 0 Å². The van der Waals surface area contributed by atoms with Crippen LogP contribution in [0.15, 0.2) is 59.8 Å². The van der Waals surface area contributed by atoms with E-state index in [0.717, 1.165) is 16.7 Å². The number of benzene rings is 2. The normalized spacial score (nSPS) is 16.1. The molecule has 42 heavy (non-hydrogen) atoms. The molecule has 2 atom stereocenters. The van der Waals surface area contributed by atoms with Gasteiger partial charge in [0.25, 0.3) is 5.91 Å². The van der Waals surface area contributed by atoms with E-state index in [2.05, 4.69) is 10.6 Å². The first-order valence-electron chi connectivity index (χ1n) is 12.3. The summed E-state index contributed by atoms with van der Waals surface area (Å²) in [4.78, 5) is 37.6. The van der Waals surface area contributed by atoms with Crippen molar-refractivity contribution in [2.45, 2.75) is 36.2 Å². The number of rotatable bonds is 9. The van der Waals surface area contributed by atoms with Gasteiger partial charge in [-0.05, 0) is 48.7 Å². The van der Waals surface area contributed by atoms with Gasteiger partial charge >= 0.3 is 5.97 Å². The molecule has 0 aliphatic carbocycles. The lowest BCUT2D eigenvalue weighted by atomic mass is 10.0. The molecule has 0 bridgehead atoms. The average Bonchev–Trinajstić information content (AvgIpc) is 3.39. The van der Waals surface area contributed by atoms with Gasteiger partial charge in [-0.1, -0.05) is 58.5 Å². The molecule has 1 saturated heterocycles. The average molecular weight is 676 g/mol. The first kappa shape index (κ1) is 31.8. The fraction of sp³-hybridized carbons (Fsp3) is 0.231. The minimum Gasteiger partial charge on any atom is -0.619 e. The van der Waals surface area contributed by atoms with Crippen molar-refractivity contribution in [2.75, 3.05) is 11.9 Å². The van der Waals surface area contributed by atoms with Crippen molar-refractivity contribution in [3.8, 4) is 0 Å². The third-order valence-corrected chi connectivity index (χ3v) is 9.30. The van der Waals surface area contributed by atoms with Crippen molar-refractivity contribution in [3.05, 3.63) is 91.3 Å². The Morgan fingerprint density at radius 1 is 1.02 bits per heavy atom. The third-order valence-electron chi connectivity index (χ3n) is 6.40. The molecule has 1 aliphatic heterocycles. The highest BCUT2D eigenvalue weighted by molar-refractivity contribution is 7.89. The monoisotopic (exact) mass is 674 g/mol. The van der Waals surface area contributed by atoms with Crippen molar-refractivity contribution in [1.29, 1.82) is 0 Å². The maximum absolute atomic E-state index is 13.3. The zero-order valence-corrected chi connectivity index (χ0v) is 25.2. The smallest absolute Gasteiger partial charge is 0.326 e. The van der Waals surface area contributed by atoms with Gasteiger partial charge in [-0.3, -0.25) is 9.59 Å². The highest BCUT2D eigenvalue weighted by atomic mass is 35.5. The Balaban J connectivity index is 1.44. The van der Waals surface area contributed by atoms with Crippen LogP contribution >= 0.6 is 46.4 Å². The third kappa shape index (κ3) is 7.25. The van der Waals surface area contributed by atoms with E-state index >= 15 is 0 Å². The predicted octanol–water partition coefficient (Wildman–Crippen LogP) is 4.15. The Morgan fingerprint density at radius 2 is 1.62 bits per heavy atom. The fourth-order valence-corrected chi connectivity index (χ4v) is 7.44. The summed E-state index contributed by atoms with van der Waals surface area (Å²) in [6.45, 7) is 0.0613. The number of carboxylic acid groups (broad SMARTS) is 1. The largest absolute Gasteiger partial charge is 0.619 e. The number of aliphatic carboxylic acids is 1. The van der Waals surface area contributed by atoms with E-state index in [0.29, 0.717) is 22.4 Å². The van der Waals surface area contributed by atoms with Gasteiger partial charge in [0, 0.05) is 28.7 Å². The SMILES string of the molecule is O=C(Nc1ccc(C[C@H](NC(=O)[C@@H]2CCCN2S(=O)(=O)c2cc(Cl)cc(Cl)c2)C(=O)O)cc1)c1c(Cl)c[n+]([O-])cc1Cl. The summed E-state index contributed by atoms with van der Waals surface area (Å²) < 4.78 is 27.9. The van der Waals surface area contributed by atoms with Crippen LogP contribution < -0.4 is 15.4 Å². The molecule has 0 unspecified atom stereocenters. The Labute approximate surface area is 260 Å². The zero-order valence-electron chi connectivity index (χ0n) is 21.4. The van der Waals surface area contributed by atoms with E-state index in [-0.39, 0.29) is 49.9 Å². The number of halogens is 4. The van der Waals surface area contributed by atoms with Crippen molar-refractivity contribution in [2.24, 2.45) is 0 Å². The molecule has 2 heterocycles. The number of nitrogens with zero attached hydrogens (tertiary/aromatic N) is 2. The van der Waals surface area contributed by atoms with Crippen LogP contribution in [0.2, 0.25) is 20.1 Å². The zero-order chi connectivity index (χ0) is 30.8. The van der Waals surface area contributed by atoms with Gasteiger partial charge < -0.3 is 20.9 Å². The highest BCUT2D eigenvalue weighted by Gasteiger charge is 2.40. The Hall–Kier alpha value is -3.13. The molecule has 1 aromatic heterocycles. The van der Waals surface area contributed by atoms with Crippen LogP contribution in [0.3, 0.4) is 0 Å². The summed E-state index contributed by atoms with van der Waals surface area (Å²) >= 11 is 23.9. The lowest BCUT2D eigenvalue weighted by Crippen LogP contribution is -2.51. The number of anilines is 1. The number of hydrogen-bond acceptors (Lipinski definition) is 6. The van der Waals surface area contributed by atoms with Crippen molar-refractivity contribution in [3.63, 3.8) is 0 Å². The number of amides is 2. The standard InChI is InChI=1S/C26H22Cl4N4O7S/c27-15-9-16(28)11-18(10-15)42(40,41)34-7-1-2-22(34)24(35)32-21(26(37)38)8-14-3-5-17(6-4-14)31-25(36)23-19(29)12-33(39)13-20(23)30/h3-6,9-13,21-22H,1-2,7-8H2,(H,31,36)(H,32,35)(H,37,38)/t21-,22-/m0/s1. The number of carboxylic acids is 1. The second-order valence-corrected chi connectivity index (χ2v) is 12.9. The van der Waals surface area contributed by atoms with E-state index in [1.54, 1.807) is 12.1 Å². The van der Waals surface area contributed by atoms with Gasteiger partial charge in [0.1, 0.15) is 22.1 Å². The summed E-state index contributed by atoms with van der Waals surface area (Å²) in [5.41, 5.74) is 0.747. The number of nitrogens with one attached hydrogen (secondary N) is 2. The Morgan fingerprint density at radius 3 is 2.19 bits per heavy atom.